The Labute approximate surface area is 180 Å². The normalized spacial score (nSPS) is 14.9. The predicted molar refractivity (Wildman–Crippen MR) is 119 cm³/mol. The van der Waals surface area contributed by atoms with Gasteiger partial charge in [-0.2, -0.15) is 0 Å². The van der Waals surface area contributed by atoms with Gasteiger partial charge in [-0.05, 0) is 17.0 Å². The Morgan fingerprint density at radius 1 is 0.767 bits per heavy atom. The van der Waals surface area contributed by atoms with Crippen LogP contribution < -0.4 is 0 Å². The summed E-state index contributed by atoms with van der Waals surface area (Å²) in [6.07, 6.45) is 0.844. The first kappa shape index (κ1) is 23.7. The second kappa shape index (κ2) is 12.2. The number of carbonyl (C=O) groups is 2. The van der Waals surface area contributed by atoms with E-state index >= 15 is 0 Å². The van der Waals surface area contributed by atoms with E-state index < -0.39 is 5.92 Å². The van der Waals surface area contributed by atoms with Crippen molar-refractivity contribution in [1.29, 1.82) is 0 Å². The highest BCUT2D eigenvalue weighted by Crippen LogP contribution is 2.24. The van der Waals surface area contributed by atoms with Crippen LogP contribution >= 0.6 is 0 Å². The molecule has 0 aliphatic carbocycles. The highest BCUT2D eigenvalue weighted by atomic mass is 16.5. The van der Waals surface area contributed by atoms with Gasteiger partial charge in [0.1, 0.15) is 0 Å². The van der Waals surface area contributed by atoms with Crippen LogP contribution in [0.5, 0.6) is 0 Å². The van der Waals surface area contributed by atoms with Crippen LogP contribution in [0.2, 0.25) is 0 Å². The molecule has 0 saturated heterocycles. The quantitative estimate of drug-likeness (QED) is 0.444. The molecule has 0 aliphatic rings. The van der Waals surface area contributed by atoms with E-state index in [1.807, 2.05) is 88.4 Å². The Morgan fingerprint density at radius 2 is 1.23 bits per heavy atom. The summed E-state index contributed by atoms with van der Waals surface area (Å²) in [5.41, 5.74) is 2.25. The molecule has 4 atom stereocenters. The second-order valence-corrected chi connectivity index (χ2v) is 8.13. The monoisotopic (exact) mass is 410 g/mol. The molecular weight excluding hydrogens is 376 g/mol. The summed E-state index contributed by atoms with van der Waals surface area (Å²) in [4.78, 5) is 25.2. The number of carbonyl (C=O) groups excluding carboxylic acids is 2. The van der Waals surface area contributed by atoms with Crippen molar-refractivity contribution in [2.45, 2.75) is 52.4 Å². The van der Waals surface area contributed by atoms with Crippen molar-refractivity contribution >= 4 is 11.9 Å². The van der Waals surface area contributed by atoms with Crippen LogP contribution in [0, 0.1) is 11.8 Å². The fourth-order valence-corrected chi connectivity index (χ4v) is 3.33. The van der Waals surface area contributed by atoms with Gasteiger partial charge in [0.25, 0.3) is 0 Å². The standard InChI is InChI=1S/C26H34O4/c1-5-19(2)24(26(28)30-18-21(4)23-14-10-7-11-15-23)16-25(27)29-17-20(3)22-12-8-6-9-13-22/h6-15,19-21,24H,5,16-18H2,1-4H3. The molecule has 4 nitrogen and oxygen atoms in total. The van der Waals surface area contributed by atoms with Gasteiger partial charge in [-0.3, -0.25) is 9.59 Å². The summed E-state index contributed by atoms with van der Waals surface area (Å²) >= 11 is 0. The molecule has 0 aromatic heterocycles. The van der Waals surface area contributed by atoms with Gasteiger partial charge in [0, 0.05) is 11.8 Å². The van der Waals surface area contributed by atoms with E-state index in [1.54, 1.807) is 0 Å². The lowest BCUT2D eigenvalue weighted by molar-refractivity contribution is -0.157. The minimum Gasteiger partial charge on any atom is -0.465 e. The van der Waals surface area contributed by atoms with Crippen molar-refractivity contribution < 1.29 is 19.1 Å². The number of esters is 2. The molecule has 0 N–H and O–H groups in total. The third-order valence-electron chi connectivity index (χ3n) is 5.73. The molecule has 0 fully saturated rings. The lowest BCUT2D eigenvalue weighted by atomic mass is 9.89. The van der Waals surface area contributed by atoms with Crippen molar-refractivity contribution in [3.05, 3.63) is 71.8 Å². The second-order valence-electron chi connectivity index (χ2n) is 8.13. The third kappa shape index (κ3) is 7.33. The average Bonchev–Trinajstić information content (AvgIpc) is 2.79. The Kier molecular flexibility index (Phi) is 9.59. The molecule has 2 aromatic carbocycles. The molecule has 0 saturated carbocycles. The SMILES string of the molecule is CCC(C)C(CC(=O)OCC(C)c1ccccc1)C(=O)OCC(C)c1ccccc1. The van der Waals surface area contributed by atoms with Crippen molar-refractivity contribution in [2.75, 3.05) is 13.2 Å². The molecule has 0 aliphatic heterocycles. The van der Waals surface area contributed by atoms with Crippen molar-refractivity contribution in [3.63, 3.8) is 0 Å². The molecule has 0 amide bonds. The molecule has 162 valence electrons. The topological polar surface area (TPSA) is 52.6 Å². The molecule has 2 rings (SSSR count). The number of hydrogen-bond acceptors (Lipinski definition) is 4. The fourth-order valence-electron chi connectivity index (χ4n) is 3.33. The zero-order valence-electron chi connectivity index (χ0n) is 18.5. The summed E-state index contributed by atoms with van der Waals surface area (Å²) in [6, 6.07) is 19.9. The van der Waals surface area contributed by atoms with E-state index in [-0.39, 0.29) is 36.1 Å². The molecule has 0 bridgehead atoms. The van der Waals surface area contributed by atoms with Crippen LogP contribution in [-0.2, 0) is 19.1 Å². The molecule has 30 heavy (non-hydrogen) atoms. The summed E-state index contributed by atoms with van der Waals surface area (Å²) < 4.78 is 11.1. The van der Waals surface area contributed by atoms with E-state index in [2.05, 4.69) is 0 Å². The van der Waals surface area contributed by atoms with Gasteiger partial charge in [-0.15, -0.1) is 0 Å². The Bertz CT molecular complexity index is 772. The highest BCUT2D eigenvalue weighted by molar-refractivity contribution is 5.80. The summed E-state index contributed by atoms with van der Waals surface area (Å²) in [5.74, 6) is -0.903. The summed E-state index contributed by atoms with van der Waals surface area (Å²) in [6.45, 7) is 8.65. The minimum atomic E-state index is -0.488. The van der Waals surface area contributed by atoms with E-state index in [0.29, 0.717) is 13.2 Å². The van der Waals surface area contributed by atoms with Crippen molar-refractivity contribution in [3.8, 4) is 0 Å². The highest BCUT2D eigenvalue weighted by Gasteiger charge is 2.29. The van der Waals surface area contributed by atoms with Gasteiger partial charge in [0.15, 0.2) is 0 Å². The first-order chi connectivity index (χ1) is 14.4. The number of ether oxygens (including phenoxy) is 2. The number of rotatable bonds is 11. The van der Waals surface area contributed by atoms with E-state index in [9.17, 15) is 9.59 Å². The van der Waals surface area contributed by atoms with Crippen LogP contribution in [0.3, 0.4) is 0 Å². The molecular formula is C26H34O4. The van der Waals surface area contributed by atoms with Gasteiger partial charge < -0.3 is 9.47 Å². The lowest BCUT2D eigenvalue weighted by Gasteiger charge is -2.22. The first-order valence-electron chi connectivity index (χ1n) is 10.8. The first-order valence-corrected chi connectivity index (χ1v) is 10.8. The van der Waals surface area contributed by atoms with E-state index in [4.69, 9.17) is 9.47 Å². The molecule has 0 radical (unpaired) electrons. The van der Waals surface area contributed by atoms with Gasteiger partial charge in [0.2, 0.25) is 0 Å². The van der Waals surface area contributed by atoms with Crippen LogP contribution in [0.1, 0.15) is 63.5 Å². The number of benzene rings is 2. The van der Waals surface area contributed by atoms with Gasteiger partial charge in [0.05, 0.1) is 25.6 Å². The van der Waals surface area contributed by atoms with Gasteiger partial charge in [-0.1, -0.05) is 94.8 Å². The Hall–Kier alpha value is -2.62. The van der Waals surface area contributed by atoms with Crippen LogP contribution in [0.25, 0.3) is 0 Å². The van der Waals surface area contributed by atoms with Gasteiger partial charge >= 0.3 is 11.9 Å². The van der Waals surface area contributed by atoms with E-state index in [1.165, 1.54) is 0 Å². The largest absolute Gasteiger partial charge is 0.465 e. The summed E-state index contributed by atoms with van der Waals surface area (Å²) in [5, 5.41) is 0. The lowest BCUT2D eigenvalue weighted by Crippen LogP contribution is -2.28. The third-order valence-corrected chi connectivity index (χ3v) is 5.73. The predicted octanol–water partition coefficient (Wildman–Crippen LogP) is 5.73. The summed E-state index contributed by atoms with van der Waals surface area (Å²) in [7, 11) is 0. The molecule has 4 unspecified atom stereocenters. The van der Waals surface area contributed by atoms with Crippen molar-refractivity contribution in [1.82, 2.24) is 0 Å². The van der Waals surface area contributed by atoms with Crippen LogP contribution in [0.4, 0.5) is 0 Å². The maximum atomic E-state index is 12.7. The smallest absolute Gasteiger partial charge is 0.309 e. The minimum absolute atomic E-state index is 0.0450. The Balaban J connectivity index is 1.87. The molecule has 0 heterocycles. The van der Waals surface area contributed by atoms with Gasteiger partial charge in [-0.25, -0.2) is 0 Å². The molecule has 4 heteroatoms. The Morgan fingerprint density at radius 3 is 1.70 bits per heavy atom. The molecule has 2 aromatic rings. The maximum absolute atomic E-state index is 12.7. The zero-order chi connectivity index (χ0) is 21.9. The maximum Gasteiger partial charge on any atom is 0.309 e. The van der Waals surface area contributed by atoms with Crippen LogP contribution in [-0.4, -0.2) is 25.2 Å². The van der Waals surface area contributed by atoms with Crippen molar-refractivity contribution in [2.24, 2.45) is 11.8 Å². The van der Waals surface area contributed by atoms with E-state index in [0.717, 1.165) is 17.5 Å². The van der Waals surface area contributed by atoms with Crippen LogP contribution in [0.15, 0.2) is 60.7 Å². The zero-order valence-corrected chi connectivity index (χ0v) is 18.5. The number of hydrogen-bond donors (Lipinski definition) is 0. The molecule has 0 spiro atoms. The fraction of sp³-hybridized carbons (Fsp3) is 0.462. The average molecular weight is 411 g/mol.